The molecule has 6 heteroatoms. The Bertz CT molecular complexity index is 801. The van der Waals surface area contributed by atoms with E-state index in [0.717, 1.165) is 25.9 Å². The maximum Gasteiger partial charge on any atom is 0.260 e. The van der Waals surface area contributed by atoms with E-state index in [-0.39, 0.29) is 23.1 Å². The fourth-order valence-corrected chi connectivity index (χ4v) is 2.92. The van der Waals surface area contributed by atoms with E-state index in [0.29, 0.717) is 17.4 Å². The number of nitrogens with zero attached hydrogens (tertiary/aromatic N) is 3. The zero-order valence-corrected chi connectivity index (χ0v) is 13.1. The van der Waals surface area contributed by atoms with Gasteiger partial charge in [-0.1, -0.05) is 0 Å². The highest BCUT2D eigenvalue weighted by Gasteiger charge is 2.15. The molecule has 1 aliphatic heterocycles. The number of hydrogen-bond donors (Lipinski definition) is 0. The predicted octanol–water partition coefficient (Wildman–Crippen LogP) is 2.24. The minimum Gasteiger partial charge on any atom is -0.480 e. The van der Waals surface area contributed by atoms with Crippen molar-refractivity contribution in [3.63, 3.8) is 0 Å². The molecule has 1 aliphatic rings. The van der Waals surface area contributed by atoms with Crippen LogP contribution >= 0.6 is 0 Å². The summed E-state index contributed by atoms with van der Waals surface area (Å²) in [6.45, 7) is 1.42. The SMILES string of the molecule is COc1nc2ccn(CCC3CCCCO3)c(=O)c2cc1C#N. The average Bonchev–Trinajstić information content (AvgIpc) is 2.61. The second-order valence-corrected chi connectivity index (χ2v) is 5.68. The maximum atomic E-state index is 12.6. The molecule has 0 aromatic carbocycles. The Morgan fingerprint density at radius 3 is 3.09 bits per heavy atom. The van der Waals surface area contributed by atoms with Crippen LogP contribution in [0.3, 0.4) is 0 Å². The zero-order valence-electron chi connectivity index (χ0n) is 13.1. The van der Waals surface area contributed by atoms with Gasteiger partial charge in [0.1, 0.15) is 11.6 Å². The first-order valence-electron chi connectivity index (χ1n) is 7.83. The fraction of sp³-hybridized carbons (Fsp3) is 0.471. The second-order valence-electron chi connectivity index (χ2n) is 5.68. The number of nitriles is 1. The van der Waals surface area contributed by atoms with Crippen LogP contribution in [-0.4, -0.2) is 29.4 Å². The zero-order chi connectivity index (χ0) is 16.2. The van der Waals surface area contributed by atoms with Crippen LogP contribution in [0.25, 0.3) is 10.9 Å². The van der Waals surface area contributed by atoms with Crippen molar-refractivity contribution in [1.29, 1.82) is 5.26 Å². The minimum absolute atomic E-state index is 0.134. The van der Waals surface area contributed by atoms with Gasteiger partial charge >= 0.3 is 0 Å². The number of hydrogen-bond acceptors (Lipinski definition) is 5. The van der Waals surface area contributed by atoms with Gasteiger partial charge in [-0.15, -0.1) is 0 Å². The third-order valence-corrected chi connectivity index (χ3v) is 4.20. The van der Waals surface area contributed by atoms with Gasteiger partial charge in [0.15, 0.2) is 0 Å². The van der Waals surface area contributed by atoms with Crippen molar-refractivity contribution >= 4 is 10.9 Å². The van der Waals surface area contributed by atoms with Crippen LogP contribution in [0.5, 0.6) is 5.88 Å². The molecule has 0 aliphatic carbocycles. The summed E-state index contributed by atoms with van der Waals surface area (Å²) < 4.78 is 12.5. The Morgan fingerprint density at radius 2 is 2.39 bits per heavy atom. The molecule has 0 N–H and O–H groups in total. The highest BCUT2D eigenvalue weighted by atomic mass is 16.5. The van der Waals surface area contributed by atoms with Gasteiger partial charge < -0.3 is 14.0 Å². The van der Waals surface area contributed by atoms with Crippen LogP contribution in [0.1, 0.15) is 31.2 Å². The Kier molecular flexibility index (Phi) is 4.58. The number of rotatable bonds is 4. The van der Waals surface area contributed by atoms with Crippen LogP contribution in [0.2, 0.25) is 0 Å². The number of methoxy groups -OCH3 is 1. The van der Waals surface area contributed by atoms with Crippen LogP contribution in [0, 0.1) is 11.3 Å². The van der Waals surface area contributed by atoms with Crippen molar-refractivity contribution < 1.29 is 9.47 Å². The first kappa shape index (κ1) is 15.5. The van der Waals surface area contributed by atoms with Crippen LogP contribution in [0.4, 0.5) is 0 Å². The average molecular weight is 313 g/mol. The molecule has 23 heavy (non-hydrogen) atoms. The molecule has 0 radical (unpaired) electrons. The number of pyridine rings is 2. The summed E-state index contributed by atoms with van der Waals surface area (Å²) in [5, 5.41) is 9.59. The molecule has 0 amide bonds. The molecular formula is C17H19N3O3. The monoisotopic (exact) mass is 313 g/mol. The van der Waals surface area contributed by atoms with E-state index < -0.39 is 0 Å². The lowest BCUT2D eigenvalue weighted by molar-refractivity contribution is 0.00868. The Hall–Kier alpha value is -2.39. The lowest BCUT2D eigenvalue weighted by Crippen LogP contribution is -2.25. The van der Waals surface area contributed by atoms with Crippen molar-refractivity contribution in [3.05, 3.63) is 34.2 Å². The van der Waals surface area contributed by atoms with Gasteiger partial charge in [0.2, 0.25) is 5.88 Å². The summed E-state index contributed by atoms with van der Waals surface area (Å²) in [6, 6.07) is 5.35. The van der Waals surface area contributed by atoms with Crippen molar-refractivity contribution in [3.8, 4) is 11.9 Å². The number of ether oxygens (including phenoxy) is 2. The van der Waals surface area contributed by atoms with E-state index >= 15 is 0 Å². The predicted molar refractivity (Wildman–Crippen MR) is 85.5 cm³/mol. The molecule has 6 nitrogen and oxygen atoms in total. The lowest BCUT2D eigenvalue weighted by atomic mass is 10.1. The summed E-state index contributed by atoms with van der Waals surface area (Å²) in [5.41, 5.74) is 0.673. The summed E-state index contributed by atoms with van der Waals surface area (Å²) in [5.74, 6) is 0.243. The summed E-state index contributed by atoms with van der Waals surface area (Å²) in [7, 11) is 1.46. The van der Waals surface area contributed by atoms with Gasteiger partial charge in [-0.05, 0) is 37.8 Å². The highest BCUT2D eigenvalue weighted by Crippen LogP contribution is 2.20. The Balaban J connectivity index is 1.89. The van der Waals surface area contributed by atoms with E-state index in [9.17, 15) is 4.79 Å². The third kappa shape index (κ3) is 3.20. The molecule has 3 rings (SSSR count). The van der Waals surface area contributed by atoms with Crippen molar-refractivity contribution in [2.75, 3.05) is 13.7 Å². The van der Waals surface area contributed by atoms with Crippen LogP contribution in [-0.2, 0) is 11.3 Å². The lowest BCUT2D eigenvalue weighted by Gasteiger charge is -2.22. The molecular weight excluding hydrogens is 294 g/mol. The number of fused-ring (bicyclic) bond motifs is 1. The molecule has 120 valence electrons. The Labute approximate surface area is 134 Å². The molecule has 1 saturated heterocycles. The van der Waals surface area contributed by atoms with Crippen molar-refractivity contribution in [2.24, 2.45) is 0 Å². The summed E-state index contributed by atoms with van der Waals surface area (Å²) in [4.78, 5) is 16.8. The van der Waals surface area contributed by atoms with E-state index in [2.05, 4.69) is 4.98 Å². The molecule has 0 bridgehead atoms. The Morgan fingerprint density at radius 1 is 1.52 bits per heavy atom. The first-order chi connectivity index (χ1) is 11.2. The largest absolute Gasteiger partial charge is 0.480 e. The van der Waals surface area contributed by atoms with Crippen LogP contribution < -0.4 is 10.3 Å². The topological polar surface area (TPSA) is 77.1 Å². The molecule has 2 aromatic heterocycles. The molecule has 1 atom stereocenters. The fourth-order valence-electron chi connectivity index (χ4n) is 2.92. The summed E-state index contributed by atoms with van der Waals surface area (Å²) in [6.07, 6.45) is 6.16. The van der Waals surface area contributed by atoms with Crippen molar-refractivity contribution in [2.45, 2.75) is 38.3 Å². The van der Waals surface area contributed by atoms with Crippen LogP contribution in [0.15, 0.2) is 23.1 Å². The quantitative estimate of drug-likeness (QED) is 0.865. The standard InChI is InChI=1S/C17H19N3O3/c1-22-16-12(11-18)10-14-15(19-16)6-8-20(17(14)21)7-5-13-4-2-3-9-23-13/h6,8,10,13H,2-5,7,9H2,1H3. The smallest absolute Gasteiger partial charge is 0.260 e. The third-order valence-electron chi connectivity index (χ3n) is 4.20. The molecule has 0 spiro atoms. The molecule has 2 aromatic rings. The van der Waals surface area contributed by atoms with Gasteiger partial charge in [-0.2, -0.15) is 5.26 Å². The second kappa shape index (κ2) is 6.80. The summed E-state index contributed by atoms with van der Waals surface area (Å²) >= 11 is 0. The van der Waals surface area contributed by atoms with E-state index in [1.165, 1.54) is 13.5 Å². The molecule has 3 heterocycles. The maximum absolute atomic E-state index is 12.6. The van der Waals surface area contributed by atoms with Gasteiger partial charge in [-0.3, -0.25) is 4.79 Å². The number of aromatic nitrogens is 2. The van der Waals surface area contributed by atoms with E-state index in [4.69, 9.17) is 14.7 Å². The van der Waals surface area contributed by atoms with Crippen molar-refractivity contribution in [1.82, 2.24) is 9.55 Å². The van der Waals surface area contributed by atoms with E-state index in [1.807, 2.05) is 6.07 Å². The van der Waals surface area contributed by atoms with Gasteiger partial charge in [0.05, 0.1) is 24.1 Å². The van der Waals surface area contributed by atoms with Gasteiger partial charge in [0.25, 0.3) is 5.56 Å². The van der Waals surface area contributed by atoms with E-state index in [1.54, 1.807) is 22.9 Å². The molecule has 0 saturated carbocycles. The van der Waals surface area contributed by atoms with Gasteiger partial charge in [-0.25, -0.2) is 4.98 Å². The number of aryl methyl sites for hydroxylation is 1. The minimum atomic E-state index is -0.134. The first-order valence-corrected chi connectivity index (χ1v) is 7.83. The molecule has 1 fully saturated rings. The molecule has 1 unspecified atom stereocenters. The highest BCUT2D eigenvalue weighted by molar-refractivity contribution is 5.79. The van der Waals surface area contributed by atoms with Gasteiger partial charge in [0, 0.05) is 19.3 Å². The normalized spacial score (nSPS) is 17.8.